The summed E-state index contributed by atoms with van der Waals surface area (Å²) in [5.41, 5.74) is 7.63. The second kappa shape index (κ2) is 12.8. The average Bonchev–Trinajstić information content (AvgIpc) is 3.44. The maximum absolute atomic E-state index is 13.8. The number of para-hydroxylation sites is 1. The number of halogens is 3. The minimum atomic E-state index is -4.95. The van der Waals surface area contributed by atoms with E-state index < -0.39 is 21.4 Å². The Morgan fingerprint density at radius 3 is 2.36 bits per heavy atom. The van der Waals surface area contributed by atoms with Crippen LogP contribution in [0.2, 0.25) is 0 Å². The van der Waals surface area contributed by atoms with Gasteiger partial charge < -0.3 is 30.2 Å². The Labute approximate surface area is 272 Å². The molecule has 4 heterocycles. The molecule has 0 aliphatic carbocycles. The zero-order chi connectivity index (χ0) is 33.5. The molecular formula is C32H39F3N8O3S. The average molecular weight is 673 g/mol. The Balaban J connectivity index is 1.35. The predicted octanol–water partition coefficient (Wildman–Crippen LogP) is 5.04. The SMILES string of the molecule is CC(C)S(=O)(=O)c1ccccc1Nc1nc(N)nc2ccn(-c3ccc(N4CCC(N5CCN(C)CC5)CC4)cc3OC(F)(F)F)c12. The Morgan fingerprint density at radius 1 is 0.979 bits per heavy atom. The van der Waals surface area contributed by atoms with Crippen molar-refractivity contribution >= 4 is 44.0 Å². The van der Waals surface area contributed by atoms with E-state index in [-0.39, 0.29) is 33.8 Å². The Morgan fingerprint density at radius 2 is 1.68 bits per heavy atom. The van der Waals surface area contributed by atoms with Crippen LogP contribution in [0.1, 0.15) is 26.7 Å². The van der Waals surface area contributed by atoms with Crippen molar-refractivity contribution in [1.82, 2.24) is 24.3 Å². The number of nitrogens with zero attached hydrogens (tertiary/aromatic N) is 6. The van der Waals surface area contributed by atoms with Gasteiger partial charge in [-0.25, -0.2) is 13.4 Å². The standard InChI is InChI=1S/C32H39F3N8O3S/c1-21(2)47(44,45)28-7-5-4-6-24(28)37-30-29-25(38-31(36)39-30)12-15-43(29)26-9-8-23(20-27(26)46-32(33,34)35)41-13-10-22(11-14-41)42-18-16-40(3)17-19-42/h4-9,12,15,20-22H,10-11,13-14,16-19H2,1-3H3,(H3,36,37,38,39). The van der Waals surface area contributed by atoms with Crippen LogP contribution in [-0.4, -0.2) is 96.7 Å². The molecule has 252 valence electrons. The van der Waals surface area contributed by atoms with Gasteiger partial charge in [0.25, 0.3) is 0 Å². The van der Waals surface area contributed by atoms with Crippen molar-refractivity contribution in [3.05, 3.63) is 54.7 Å². The molecule has 2 aliphatic heterocycles. The van der Waals surface area contributed by atoms with Crippen LogP contribution in [0.5, 0.6) is 5.75 Å². The first kappa shape index (κ1) is 32.8. The number of fused-ring (bicyclic) bond motifs is 1. The fourth-order valence-corrected chi connectivity index (χ4v) is 7.53. The molecule has 0 unspecified atom stereocenters. The molecule has 4 aromatic rings. The summed E-state index contributed by atoms with van der Waals surface area (Å²) in [6, 6.07) is 13.2. The molecule has 0 spiro atoms. The van der Waals surface area contributed by atoms with E-state index in [1.807, 2.05) is 0 Å². The second-order valence-electron chi connectivity index (χ2n) is 12.3. The van der Waals surface area contributed by atoms with Crippen molar-refractivity contribution < 1.29 is 26.3 Å². The van der Waals surface area contributed by atoms with Gasteiger partial charge in [0.05, 0.1) is 27.0 Å². The van der Waals surface area contributed by atoms with Crippen LogP contribution in [0.4, 0.5) is 36.3 Å². The van der Waals surface area contributed by atoms with Crippen molar-refractivity contribution in [1.29, 1.82) is 0 Å². The van der Waals surface area contributed by atoms with Gasteiger partial charge >= 0.3 is 6.36 Å². The molecule has 0 atom stereocenters. The van der Waals surface area contributed by atoms with Crippen LogP contribution in [0.25, 0.3) is 16.7 Å². The molecule has 2 aromatic heterocycles. The molecule has 0 bridgehead atoms. The lowest BCUT2D eigenvalue weighted by Gasteiger charge is -2.42. The van der Waals surface area contributed by atoms with Gasteiger partial charge in [0, 0.05) is 63.3 Å². The van der Waals surface area contributed by atoms with Gasteiger partial charge in [-0.15, -0.1) is 13.2 Å². The predicted molar refractivity (Wildman–Crippen MR) is 176 cm³/mol. The summed E-state index contributed by atoms with van der Waals surface area (Å²) in [6.07, 6.45) is -1.55. The third kappa shape index (κ3) is 6.97. The number of piperidine rings is 1. The molecule has 15 heteroatoms. The molecule has 0 saturated carbocycles. The quantitative estimate of drug-likeness (QED) is 0.263. The van der Waals surface area contributed by atoms with Gasteiger partial charge in [-0.2, -0.15) is 4.98 Å². The summed E-state index contributed by atoms with van der Waals surface area (Å²) in [6.45, 7) is 8.71. The highest BCUT2D eigenvalue weighted by atomic mass is 32.2. The lowest BCUT2D eigenvalue weighted by Crippen LogP contribution is -2.52. The topological polar surface area (TPSA) is 122 Å². The van der Waals surface area contributed by atoms with Gasteiger partial charge in [-0.1, -0.05) is 12.1 Å². The Kier molecular flexibility index (Phi) is 8.98. The molecule has 3 N–H and O–H groups in total. The lowest BCUT2D eigenvalue weighted by molar-refractivity contribution is -0.274. The fourth-order valence-electron chi connectivity index (χ4n) is 6.33. The normalized spacial score (nSPS) is 17.5. The van der Waals surface area contributed by atoms with E-state index >= 15 is 0 Å². The first-order valence-corrected chi connectivity index (χ1v) is 17.2. The number of nitrogens with two attached hydrogens (primary N) is 1. The van der Waals surface area contributed by atoms with Gasteiger partial charge in [0.2, 0.25) is 5.95 Å². The number of likely N-dealkylation sites (N-methyl/N-ethyl adjacent to an activating group) is 1. The number of sulfone groups is 1. The smallest absolute Gasteiger partial charge is 0.403 e. The largest absolute Gasteiger partial charge is 0.573 e. The summed E-state index contributed by atoms with van der Waals surface area (Å²) in [5, 5.41) is 2.38. The molecule has 0 radical (unpaired) electrons. The van der Waals surface area contributed by atoms with Crippen LogP contribution in [-0.2, 0) is 9.84 Å². The number of nitrogens with one attached hydrogen (secondary N) is 1. The van der Waals surface area contributed by atoms with Crippen molar-refractivity contribution in [3.8, 4) is 11.4 Å². The number of hydrogen-bond acceptors (Lipinski definition) is 10. The fraction of sp³-hybridized carbons (Fsp3) is 0.438. The van der Waals surface area contributed by atoms with Crippen molar-refractivity contribution in [3.63, 3.8) is 0 Å². The number of aromatic nitrogens is 3. The first-order valence-electron chi connectivity index (χ1n) is 15.6. The summed E-state index contributed by atoms with van der Waals surface area (Å²) < 4.78 is 73.8. The van der Waals surface area contributed by atoms with Crippen LogP contribution in [0.15, 0.2) is 59.6 Å². The number of benzene rings is 2. The molecule has 0 amide bonds. The highest BCUT2D eigenvalue weighted by Gasteiger charge is 2.34. The lowest BCUT2D eigenvalue weighted by atomic mass is 10.0. The Hall–Kier alpha value is -4.08. The third-order valence-electron chi connectivity index (χ3n) is 8.93. The zero-order valence-corrected chi connectivity index (χ0v) is 27.4. The maximum Gasteiger partial charge on any atom is 0.573 e. The van der Waals surface area contributed by atoms with Crippen LogP contribution >= 0.6 is 0 Å². The molecule has 2 fully saturated rings. The highest BCUT2D eigenvalue weighted by molar-refractivity contribution is 7.92. The van der Waals surface area contributed by atoms with Crippen LogP contribution < -0.4 is 20.7 Å². The summed E-state index contributed by atoms with van der Waals surface area (Å²) in [5.74, 6) is -0.361. The van der Waals surface area contributed by atoms with Gasteiger partial charge in [0.1, 0.15) is 5.52 Å². The van der Waals surface area contributed by atoms with Crippen molar-refractivity contribution in [2.45, 2.75) is 49.2 Å². The molecule has 11 nitrogen and oxygen atoms in total. The van der Waals surface area contributed by atoms with E-state index in [2.05, 4.69) is 41.8 Å². The maximum atomic E-state index is 13.8. The third-order valence-corrected chi connectivity index (χ3v) is 11.1. The monoisotopic (exact) mass is 672 g/mol. The molecule has 47 heavy (non-hydrogen) atoms. The van der Waals surface area contributed by atoms with Gasteiger partial charge in [-0.3, -0.25) is 4.90 Å². The molecular weight excluding hydrogens is 633 g/mol. The van der Waals surface area contributed by atoms with E-state index in [4.69, 9.17) is 5.73 Å². The molecule has 2 aliphatic rings. The molecule has 2 saturated heterocycles. The van der Waals surface area contributed by atoms with E-state index in [1.165, 1.54) is 16.7 Å². The number of ether oxygens (including phenoxy) is 1. The molecule has 6 rings (SSSR count). The number of hydrogen-bond donors (Lipinski definition) is 2. The zero-order valence-electron chi connectivity index (χ0n) is 26.5. The molecule has 2 aromatic carbocycles. The number of anilines is 4. The van der Waals surface area contributed by atoms with Crippen LogP contribution in [0.3, 0.4) is 0 Å². The minimum Gasteiger partial charge on any atom is -0.403 e. The van der Waals surface area contributed by atoms with E-state index in [0.29, 0.717) is 35.9 Å². The van der Waals surface area contributed by atoms with Gasteiger partial charge in [-0.05, 0) is 64.1 Å². The van der Waals surface area contributed by atoms with E-state index in [9.17, 15) is 21.6 Å². The summed E-state index contributed by atoms with van der Waals surface area (Å²) in [4.78, 5) is 15.6. The van der Waals surface area contributed by atoms with Crippen LogP contribution in [0, 0.1) is 0 Å². The summed E-state index contributed by atoms with van der Waals surface area (Å²) >= 11 is 0. The Bertz CT molecular complexity index is 1850. The van der Waals surface area contributed by atoms with Crippen molar-refractivity contribution in [2.24, 2.45) is 0 Å². The van der Waals surface area contributed by atoms with Crippen molar-refractivity contribution in [2.75, 3.05) is 62.3 Å². The first-order chi connectivity index (χ1) is 22.3. The highest BCUT2D eigenvalue weighted by Crippen LogP contribution is 2.38. The number of rotatable bonds is 8. The minimum absolute atomic E-state index is 0.0558. The number of nitrogen functional groups attached to an aromatic ring is 1. The number of alkyl halides is 3. The van der Waals surface area contributed by atoms with Gasteiger partial charge in [0.15, 0.2) is 21.4 Å². The van der Waals surface area contributed by atoms with E-state index in [1.54, 1.807) is 56.4 Å². The number of piperazine rings is 1. The summed E-state index contributed by atoms with van der Waals surface area (Å²) in [7, 11) is -1.57. The van der Waals surface area contributed by atoms with E-state index in [0.717, 1.165) is 39.0 Å². The second-order valence-corrected chi connectivity index (χ2v) is 14.8.